The molecule has 2 aliphatic rings. The van der Waals surface area contributed by atoms with Gasteiger partial charge in [0.1, 0.15) is 5.76 Å². The lowest BCUT2D eigenvalue weighted by molar-refractivity contribution is -0.0498. The van der Waals surface area contributed by atoms with Gasteiger partial charge in [-0.3, -0.25) is 9.69 Å². The van der Waals surface area contributed by atoms with Crippen molar-refractivity contribution >= 4 is 6.09 Å². The standard InChI is InChI=1S/C20H33N3O4/c1-19(2)8-6-9-20(3,4)23(19)13-15-11-14(16-12-17(24)21-27-16)7-10-22(15)18(25)26-5/h12,14-15H,6-11,13H2,1-5H3,(H,21,24)/t14-,15-/m0/s1. The summed E-state index contributed by atoms with van der Waals surface area (Å²) >= 11 is 0. The van der Waals surface area contributed by atoms with Crippen LogP contribution in [0.1, 0.15) is 71.5 Å². The Morgan fingerprint density at radius 2 is 1.96 bits per heavy atom. The van der Waals surface area contributed by atoms with Crippen LogP contribution in [0.15, 0.2) is 15.4 Å². The lowest BCUT2D eigenvalue weighted by Gasteiger charge is -2.55. The number of piperidine rings is 2. The van der Waals surface area contributed by atoms with E-state index in [9.17, 15) is 9.59 Å². The summed E-state index contributed by atoms with van der Waals surface area (Å²) in [6, 6.07) is 1.55. The highest BCUT2D eigenvalue weighted by Crippen LogP contribution is 2.40. The third-order valence-electron chi connectivity index (χ3n) is 6.50. The Hall–Kier alpha value is -1.76. The quantitative estimate of drug-likeness (QED) is 0.871. The molecule has 3 rings (SSSR count). The molecule has 3 heterocycles. The molecule has 1 amide bonds. The molecule has 0 bridgehead atoms. The van der Waals surface area contributed by atoms with Crippen molar-refractivity contribution in [3.05, 3.63) is 22.2 Å². The minimum atomic E-state index is -0.276. The molecule has 27 heavy (non-hydrogen) atoms. The zero-order valence-electron chi connectivity index (χ0n) is 17.2. The summed E-state index contributed by atoms with van der Waals surface area (Å²) < 4.78 is 10.4. The smallest absolute Gasteiger partial charge is 0.409 e. The molecular weight excluding hydrogens is 346 g/mol. The van der Waals surface area contributed by atoms with Crippen LogP contribution >= 0.6 is 0 Å². The van der Waals surface area contributed by atoms with Crippen LogP contribution < -0.4 is 5.56 Å². The molecule has 7 heteroatoms. The number of ether oxygens (including phenoxy) is 1. The van der Waals surface area contributed by atoms with E-state index >= 15 is 0 Å². The Labute approximate surface area is 161 Å². The number of carbonyl (C=O) groups excluding carboxylic acids is 1. The molecule has 2 saturated heterocycles. The number of hydrogen-bond donors (Lipinski definition) is 1. The summed E-state index contributed by atoms with van der Waals surface area (Å²) in [6.45, 7) is 10.6. The first-order valence-electron chi connectivity index (χ1n) is 9.95. The average Bonchev–Trinajstić information content (AvgIpc) is 3.03. The lowest BCUT2D eigenvalue weighted by atomic mass is 9.78. The SMILES string of the molecule is COC(=O)N1CC[C@H](c2cc(=O)[nH]o2)C[C@H]1CN1C(C)(C)CCCC1(C)C. The highest BCUT2D eigenvalue weighted by molar-refractivity contribution is 5.68. The van der Waals surface area contributed by atoms with Gasteiger partial charge in [-0.2, -0.15) is 5.16 Å². The van der Waals surface area contributed by atoms with E-state index in [2.05, 4.69) is 37.8 Å². The van der Waals surface area contributed by atoms with E-state index in [0.717, 1.165) is 32.2 Å². The van der Waals surface area contributed by atoms with Crippen LogP contribution in [0.5, 0.6) is 0 Å². The van der Waals surface area contributed by atoms with Crippen molar-refractivity contribution in [3.63, 3.8) is 0 Å². The molecule has 0 saturated carbocycles. The Kier molecular flexibility index (Phi) is 5.43. The van der Waals surface area contributed by atoms with Gasteiger partial charge < -0.3 is 14.2 Å². The molecule has 152 valence electrons. The summed E-state index contributed by atoms with van der Waals surface area (Å²) in [7, 11) is 1.44. The molecule has 1 N–H and O–H groups in total. The van der Waals surface area contributed by atoms with Gasteiger partial charge in [0.05, 0.1) is 7.11 Å². The van der Waals surface area contributed by atoms with Crippen LogP contribution in [-0.4, -0.2) is 58.4 Å². The number of nitrogens with zero attached hydrogens (tertiary/aromatic N) is 2. The normalized spacial score (nSPS) is 28.1. The van der Waals surface area contributed by atoms with Gasteiger partial charge in [0.25, 0.3) is 5.56 Å². The van der Waals surface area contributed by atoms with Gasteiger partial charge in [-0.1, -0.05) is 0 Å². The first-order valence-corrected chi connectivity index (χ1v) is 9.95. The number of likely N-dealkylation sites (tertiary alicyclic amines) is 2. The molecule has 2 atom stereocenters. The van der Waals surface area contributed by atoms with E-state index in [-0.39, 0.29) is 34.7 Å². The van der Waals surface area contributed by atoms with Crippen LogP contribution in [0.4, 0.5) is 4.79 Å². The van der Waals surface area contributed by atoms with E-state index in [4.69, 9.17) is 9.26 Å². The number of carbonyl (C=O) groups is 1. The summed E-state index contributed by atoms with van der Waals surface area (Å²) in [6.07, 6.45) is 4.77. The molecule has 0 unspecified atom stereocenters. The van der Waals surface area contributed by atoms with Crippen molar-refractivity contribution in [2.75, 3.05) is 20.2 Å². The zero-order chi connectivity index (χ0) is 19.8. The Balaban J connectivity index is 1.84. The molecule has 1 aromatic rings. The van der Waals surface area contributed by atoms with E-state index in [1.807, 2.05) is 4.90 Å². The highest BCUT2D eigenvalue weighted by Gasteiger charge is 2.44. The number of aromatic amines is 1. The van der Waals surface area contributed by atoms with E-state index < -0.39 is 0 Å². The first kappa shape index (κ1) is 20.0. The molecule has 0 aliphatic carbocycles. The minimum Gasteiger partial charge on any atom is -0.453 e. The van der Waals surface area contributed by atoms with Crippen LogP contribution in [0.25, 0.3) is 0 Å². The number of H-pyrrole nitrogens is 1. The van der Waals surface area contributed by atoms with E-state index in [1.54, 1.807) is 0 Å². The summed E-state index contributed by atoms with van der Waals surface area (Å²) in [5.74, 6) is 0.817. The van der Waals surface area contributed by atoms with E-state index in [1.165, 1.54) is 19.6 Å². The van der Waals surface area contributed by atoms with Crippen LogP contribution in [0, 0.1) is 0 Å². The van der Waals surface area contributed by atoms with Crippen molar-refractivity contribution in [1.82, 2.24) is 15.0 Å². The third kappa shape index (κ3) is 4.08. The molecule has 2 fully saturated rings. The fourth-order valence-corrected chi connectivity index (χ4v) is 5.09. The third-order valence-corrected chi connectivity index (χ3v) is 6.50. The van der Waals surface area contributed by atoms with Gasteiger partial charge in [-0.15, -0.1) is 0 Å². The maximum atomic E-state index is 12.4. The number of aromatic nitrogens is 1. The Morgan fingerprint density at radius 3 is 2.52 bits per heavy atom. The van der Waals surface area contributed by atoms with Crippen LogP contribution in [-0.2, 0) is 4.74 Å². The van der Waals surface area contributed by atoms with Crippen LogP contribution in [0.3, 0.4) is 0 Å². The predicted octanol–water partition coefficient (Wildman–Crippen LogP) is 3.33. The number of rotatable bonds is 3. The molecule has 7 nitrogen and oxygen atoms in total. The lowest BCUT2D eigenvalue weighted by Crippen LogP contribution is -2.63. The van der Waals surface area contributed by atoms with Gasteiger partial charge in [-0.25, -0.2) is 4.79 Å². The van der Waals surface area contributed by atoms with Crippen molar-refractivity contribution in [2.24, 2.45) is 0 Å². The van der Waals surface area contributed by atoms with Gasteiger partial charge in [-0.05, 0) is 59.8 Å². The monoisotopic (exact) mass is 379 g/mol. The average molecular weight is 380 g/mol. The number of nitrogens with one attached hydrogen (secondary N) is 1. The molecule has 0 spiro atoms. The second-order valence-corrected chi connectivity index (χ2v) is 9.24. The fourth-order valence-electron chi connectivity index (χ4n) is 5.09. The van der Waals surface area contributed by atoms with Crippen LogP contribution in [0.2, 0.25) is 0 Å². The molecule has 0 radical (unpaired) electrons. The zero-order valence-corrected chi connectivity index (χ0v) is 17.2. The second-order valence-electron chi connectivity index (χ2n) is 9.24. The first-order chi connectivity index (χ1) is 12.6. The number of amides is 1. The van der Waals surface area contributed by atoms with Gasteiger partial charge in [0, 0.05) is 42.2 Å². The van der Waals surface area contributed by atoms with Crippen molar-refractivity contribution in [1.29, 1.82) is 0 Å². The van der Waals surface area contributed by atoms with Crippen molar-refractivity contribution in [2.45, 2.75) is 82.8 Å². The molecular formula is C20H33N3O4. The number of methoxy groups -OCH3 is 1. The molecule has 2 aliphatic heterocycles. The maximum absolute atomic E-state index is 12.4. The predicted molar refractivity (Wildman–Crippen MR) is 103 cm³/mol. The Bertz CT molecular complexity index is 705. The summed E-state index contributed by atoms with van der Waals surface area (Å²) in [4.78, 5) is 28.3. The highest BCUT2D eigenvalue weighted by atomic mass is 16.5. The summed E-state index contributed by atoms with van der Waals surface area (Å²) in [5, 5.41) is 2.39. The van der Waals surface area contributed by atoms with Gasteiger partial charge in [0.15, 0.2) is 0 Å². The van der Waals surface area contributed by atoms with E-state index in [0.29, 0.717) is 12.3 Å². The number of hydrogen-bond acceptors (Lipinski definition) is 5. The summed E-state index contributed by atoms with van der Waals surface area (Å²) in [5.41, 5.74) is -0.0518. The van der Waals surface area contributed by atoms with Gasteiger partial charge >= 0.3 is 6.09 Å². The maximum Gasteiger partial charge on any atom is 0.409 e. The minimum absolute atomic E-state index is 0.0213. The second kappa shape index (κ2) is 7.34. The van der Waals surface area contributed by atoms with Crippen molar-refractivity contribution < 1.29 is 14.1 Å². The van der Waals surface area contributed by atoms with Crippen molar-refractivity contribution in [3.8, 4) is 0 Å². The molecule has 0 aromatic carbocycles. The fraction of sp³-hybridized carbons (Fsp3) is 0.800. The molecule has 1 aromatic heterocycles. The Morgan fingerprint density at radius 1 is 1.30 bits per heavy atom. The topological polar surface area (TPSA) is 78.8 Å². The van der Waals surface area contributed by atoms with Gasteiger partial charge in [0.2, 0.25) is 0 Å². The largest absolute Gasteiger partial charge is 0.453 e.